The molecular weight excluding hydrogens is 910 g/mol. The van der Waals surface area contributed by atoms with Gasteiger partial charge in [0.1, 0.15) is 18.0 Å². The number of nitrogens with zero attached hydrogens (tertiary/aromatic N) is 11. The first-order valence-corrected chi connectivity index (χ1v) is 25.7. The Hall–Kier alpha value is -5.79. The monoisotopic (exact) mass is 975 g/mol. The van der Waals surface area contributed by atoms with Crippen LogP contribution in [0.2, 0.25) is 5.02 Å². The zero-order valence-corrected chi connectivity index (χ0v) is 41.4. The topological polar surface area (TPSA) is 148 Å². The van der Waals surface area contributed by atoms with Crippen LogP contribution in [0.4, 0.5) is 26.0 Å². The number of carbonyl (C=O) groups excluding carboxylic acids is 1. The first kappa shape index (κ1) is 47.9. The third kappa shape index (κ3) is 10.1. The van der Waals surface area contributed by atoms with Gasteiger partial charge >= 0.3 is 0 Å². The van der Waals surface area contributed by atoms with Crippen molar-refractivity contribution in [3.05, 3.63) is 87.8 Å². The standard InChI is InChI=1S/C53H65ClF2N12O2/c1-34-26-53(33-68(34)41-11-8-38(27-57)46(54)24-41)16-21-65(22-17-53)49-12-13-50(62-61-49)70-42-14-19-64(31-42)29-36-6-9-40(10-7-36)60-52(45-32-66(35(2)69)20-15-47(45)58)67-18-4-5-37-23-43(39-28-59-63(3)30-39)44(51(55)56)25-48(37)67/h8,11-13,23-25,28,30,34,36,40,42,51H,4-7,9-10,14-22,26,29,31-33,58H2,1-3H3/t34-,36?,40?,42-/m0/s1. The van der Waals surface area contributed by atoms with Gasteiger partial charge in [0.25, 0.3) is 6.43 Å². The summed E-state index contributed by atoms with van der Waals surface area (Å²) < 4.78 is 37.8. The minimum atomic E-state index is -2.68. The molecule has 2 atom stereocenters. The Bertz CT molecular complexity index is 2670. The summed E-state index contributed by atoms with van der Waals surface area (Å²) in [5.74, 6) is 2.69. The number of aromatic nitrogens is 4. The fraction of sp³-hybridized carbons (Fsp3) is 0.547. The van der Waals surface area contributed by atoms with Crippen molar-refractivity contribution in [1.82, 2.24) is 29.8 Å². The van der Waals surface area contributed by atoms with E-state index >= 15 is 0 Å². The normalized spacial score (nSPS) is 24.2. The number of ether oxygens (including phenoxy) is 1. The Kier molecular flexibility index (Phi) is 13.8. The number of likely N-dealkylation sites (tertiary alicyclic amines) is 1. The maximum absolute atomic E-state index is 14.9. The predicted octanol–water partition coefficient (Wildman–Crippen LogP) is 8.55. The van der Waals surface area contributed by atoms with E-state index in [0.717, 1.165) is 138 Å². The van der Waals surface area contributed by atoms with Crippen molar-refractivity contribution in [2.45, 2.75) is 109 Å². The third-order valence-corrected chi connectivity index (χ3v) is 16.4. The SMILES string of the molecule is CC(=O)N1CCC(N)=C(C(=NC2CCC(CN3CC[C@H](Oc4ccc(N5CCC6(CC5)C[C@H](C)N(c5ccc(C#N)c(Cl)c5)C6)nn4)C3)CC2)N2CCCc3cc(-c4cnn(C)c4)c(C(F)F)cc32)C1. The number of piperidine rings is 1. The molecule has 4 aromatic rings. The van der Waals surface area contributed by atoms with Crippen LogP contribution in [0.25, 0.3) is 11.1 Å². The van der Waals surface area contributed by atoms with Gasteiger partial charge in [-0.1, -0.05) is 11.6 Å². The lowest BCUT2D eigenvalue weighted by molar-refractivity contribution is -0.128. The molecule has 0 radical (unpaired) electrons. The fourth-order valence-corrected chi connectivity index (χ4v) is 12.4. The second-order valence-electron chi connectivity index (χ2n) is 20.8. The Balaban J connectivity index is 0.743. The van der Waals surface area contributed by atoms with E-state index in [1.807, 2.05) is 36.4 Å². The van der Waals surface area contributed by atoms with Crippen molar-refractivity contribution in [3.63, 3.8) is 0 Å². The number of anilines is 3. The second kappa shape index (κ2) is 20.1. The van der Waals surface area contributed by atoms with Crippen LogP contribution in [0.3, 0.4) is 0 Å². The average Bonchev–Trinajstić information content (AvgIpc) is 4.09. The number of nitrogens with two attached hydrogens (primary N) is 1. The van der Waals surface area contributed by atoms with Gasteiger partial charge in [-0.05, 0) is 130 Å². The van der Waals surface area contributed by atoms with Crippen LogP contribution in [-0.2, 0) is 18.3 Å². The Morgan fingerprint density at radius 3 is 2.54 bits per heavy atom. The number of benzene rings is 2. The number of amides is 1. The zero-order valence-electron chi connectivity index (χ0n) is 40.7. The summed E-state index contributed by atoms with van der Waals surface area (Å²) in [5.41, 5.74) is 13.0. The first-order chi connectivity index (χ1) is 33.8. The molecule has 3 saturated heterocycles. The lowest BCUT2D eigenvalue weighted by atomic mass is 9.77. The highest BCUT2D eigenvalue weighted by Crippen LogP contribution is 2.46. The summed E-state index contributed by atoms with van der Waals surface area (Å²) in [6.45, 7) is 11.0. The van der Waals surface area contributed by atoms with Gasteiger partial charge in [-0.3, -0.25) is 19.4 Å². The molecule has 5 aliphatic heterocycles. The molecular formula is C53H65ClF2N12O2. The van der Waals surface area contributed by atoms with Gasteiger partial charge in [0.2, 0.25) is 11.8 Å². The second-order valence-corrected chi connectivity index (χ2v) is 21.2. The molecule has 70 heavy (non-hydrogen) atoms. The molecule has 14 nitrogen and oxygen atoms in total. The maximum Gasteiger partial charge on any atom is 0.264 e. The molecule has 2 aromatic heterocycles. The molecule has 0 unspecified atom stereocenters. The van der Waals surface area contributed by atoms with Gasteiger partial charge in [0.15, 0.2) is 5.82 Å². The number of fused-ring (bicyclic) bond motifs is 1. The molecule has 370 valence electrons. The van der Waals surface area contributed by atoms with Crippen molar-refractivity contribution in [1.29, 1.82) is 5.26 Å². The molecule has 6 aliphatic rings. The third-order valence-electron chi connectivity index (χ3n) is 16.1. The van der Waals surface area contributed by atoms with Gasteiger partial charge in [0, 0.05) is 125 Å². The minimum absolute atomic E-state index is 0.0200. The van der Waals surface area contributed by atoms with E-state index in [1.165, 1.54) is 0 Å². The van der Waals surface area contributed by atoms with Crippen LogP contribution in [0, 0.1) is 22.7 Å². The first-order valence-electron chi connectivity index (χ1n) is 25.3. The van der Waals surface area contributed by atoms with E-state index in [1.54, 1.807) is 42.0 Å². The maximum atomic E-state index is 14.9. The number of hydrogen-bond acceptors (Lipinski definition) is 11. The summed E-state index contributed by atoms with van der Waals surface area (Å²) in [7, 11) is 1.79. The summed E-state index contributed by atoms with van der Waals surface area (Å²) in [4.78, 5) is 29.4. The molecule has 2 aromatic carbocycles. The van der Waals surface area contributed by atoms with Gasteiger partial charge in [-0.25, -0.2) is 8.78 Å². The predicted molar refractivity (Wildman–Crippen MR) is 270 cm³/mol. The summed E-state index contributed by atoms with van der Waals surface area (Å²) in [6, 6.07) is 16.0. The number of halogens is 3. The molecule has 1 aliphatic carbocycles. The van der Waals surface area contributed by atoms with Gasteiger partial charge in [-0.15, -0.1) is 10.2 Å². The van der Waals surface area contributed by atoms with E-state index in [-0.39, 0.29) is 29.0 Å². The Morgan fingerprint density at radius 2 is 1.84 bits per heavy atom. The number of hydrogen-bond donors (Lipinski definition) is 1. The quantitative estimate of drug-likeness (QED) is 0.120. The highest BCUT2D eigenvalue weighted by molar-refractivity contribution is 6.32. The number of aliphatic imine (C=N–C) groups is 1. The van der Waals surface area contributed by atoms with Gasteiger partial charge in [-0.2, -0.15) is 10.4 Å². The van der Waals surface area contributed by atoms with Crippen molar-refractivity contribution in [3.8, 4) is 23.1 Å². The number of aryl methyl sites for hydroxylation is 2. The highest BCUT2D eigenvalue weighted by atomic mass is 35.5. The number of amidine groups is 1. The molecule has 2 N–H and O–H groups in total. The van der Waals surface area contributed by atoms with E-state index < -0.39 is 6.43 Å². The number of nitriles is 1. The van der Waals surface area contributed by atoms with Crippen LogP contribution in [0.1, 0.15) is 101 Å². The zero-order chi connectivity index (χ0) is 48.7. The molecule has 1 spiro atoms. The molecule has 1 saturated carbocycles. The van der Waals surface area contributed by atoms with Crippen LogP contribution in [-0.4, -0.2) is 119 Å². The lowest BCUT2D eigenvalue weighted by Gasteiger charge is -2.39. The van der Waals surface area contributed by atoms with Crippen LogP contribution >= 0.6 is 11.6 Å². The lowest BCUT2D eigenvalue weighted by Crippen LogP contribution is -2.45. The van der Waals surface area contributed by atoms with Crippen LogP contribution in [0.15, 0.2) is 71.1 Å². The summed E-state index contributed by atoms with van der Waals surface area (Å²) >= 11 is 6.41. The van der Waals surface area contributed by atoms with E-state index in [4.69, 9.17) is 27.1 Å². The molecule has 7 heterocycles. The Labute approximate surface area is 415 Å². The molecule has 17 heteroatoms. The summed E-state index contributed by atoms with van der Waals surface area (Å²) in [5, 5.41) is 23.3. The molecule has 10 rings (SSSR count). The van der Waals surface area contributed by atoms with E-state index in [2.05, 4.69) is 47.9 Å². The fourth-order valence-electron chi connectivity index (χ4n) is 12.2. The van der Waals surface area contributed by atoms with Crippen molar-refractivity contribution >= 4 is 40.5 Å². The smallest absolute Gasteiger partial charge is 0.264 e. The van der Waals surface area contributed by atoms with Crippen LogP contribution in [0.5, 0.6) is 5.88 Å². The Morgan fingerprint density at radius 1 is 1.03 bits per heavy atom. The molecule has 0 bridgehead atoms. The van der Waals surface area contributed by atoms with Gasteiger partial charge in [0.05, 0.1) is 29.4 Å². The van der Waals surface area contributed by atoms with E-state index in [0.29, 0.717) is 71.3 Å². The number of carbonyl (C=O) groups is 1. The van der Waals surface area contributed by atoms with Crippen molar-refractivity contribution in [2.75, 3.05) is 73.6 Å². The van der Waals surface area contributed by atoms with Crippen LogP contribution < -0.4 is 25.2 Å². The average molecular weight is 976 g/mol. The molecule has 4 fully saturated rings. The van der Waals surface area contributed by atoms with Crippen molar-refractivity contribution < 1.29 is 18.3 Å². The number of rotatable bonds is 10. The van der Waals surface area contributed by atoms with Gasteiger partial charge < -0.3 is 30.1 Å². The summed E-state index contributed by atoms with van der Waals surface area (Å²) in [6.07, 6.45) is 11.1. The minimum Gasteiger partial charge on any atom is -0.472 e. The highest BCUT2D eigenvalue weighted by Gasteiger charge is 2.44. The molecule has 1 amide bonds. The van der Waals surface area contributed by atoms with E-state index in [9.17, 15) is 18.8 Å². The number of alkyl halides is 2. The largest absolute Gasteiger partial charge is 0.472 e. The van der Waals surface area contributed by atoms with Crippen molar-refractivity contribution in [2.24, 2.45) is 29.1 Å².